The monoisotopic (exact) mass is 261 g/mol. The fourth-order valence-electron chi connectivity index (χ4n) is 2.04. The van der Waals surface area contributed by atoms with Crippen LogP contribution in [0.5, 0.6) is 5.75 Å². The van der Waals surface area contributed by atoms with Gasteiger partial charge in [0.05, 0.1) is 6.07 Å². The molecule has 4 nitrogen and oxygen atoms in total. The maximum absolute atomic E-state index is 11.8. The van der Waals surface area contributed by atoms with Crippen molar-refractivity contribution in [3.63, 3.8) is 0 Å². The lowest BCUT2D eigenvalue weighted by atomic mass is 9.98. The van der Waals surface area contributed by atoms with Crippen molar-refractivity contribution in [2.75, 3.05) is 0 Å². The maximum Gasteiger partial charge on any atom is 0.342 e. The van der Waals surface area contributed by atoms with E-state index in [-0.39, 0.29) is 17.4 Å². The first-order valence-corrected chi connectivity index (χ1v) is 6.49. The fourth-order valence-corrected chi connectivity index (χ4v) is 2.04. The van der Waals surface area contributed by atoms with Crippen molar-refractivity contribution in [3.05, 3.63) is 29.8 Å². The lowest BCUT2D eigenvalue weighted by molar-refractivity contribution is 0.0208. The smallest absolute Gasteiger partial charge is 0.342 e. The average molecular weight is 261 g/mol. The molecule has 0 heterocycles. The summed E-state index contributed by atoms with van der Waals surface area (Å²) in [5.74, 6) is -0.423. The average Bonchev–Trinajstić information content (AvgIpc) is 2.41. The van der Waals surface area contributed by atoms with E-state index in [0.29, 0.717) is 0 Å². The van der Waals surface area contributed by atoms with Gasteiger partial charge < -0.3 is 9.84 Å². The van der Waals surface area contributed by atoms with E-state index in [1.807, 2.05) is 0 Å². The van der Waals surface area contributed by atoms with Crippen molar-refractivity contribution in [1.29, 1.82) is 5.26 Å². The number of benzene rings is 1. The molecule has 1 aromatic carbocycles. The van der Waals surface area contributed by atoms with Crippen molar-refractivity contribution in [2.45, 2.75) is 45.1 Å². The number of rotatable bonds is 2. The molecule has 2 rings (SSSR count). The highest BCUT2D eigenvalue weighted by atomic mass is 16.5. The molecule has 1 aliphatic rings. The Labute approximate surface area is 113 Å². The number of carbonyl (C=O) groups excluding carboxylic acids is 1. The molecule has 0 atom stereocenters. The van der Waals surface area contributed by atoms with E-state index < -0.39 is 5.97 Å². The Hall–Kier alpha value is -2.02. The molecular formula is C15H19NO3. The van der Waals surface area contributed by atoms with Crippen LogP contribution >= 0.6 is 0 Å². The van der Waals surface area contributed by atoms with Crippen LogP contribution in [0.15, 0.2) is 24.3 Å². The minimum absolute atomic E-state index is 0.0108. The zero-order chi connectivity index (χ0) is 14.1. The molecule has 0 radical (unpaired) electrons. The second-order valence-electron chi connectivity index (χ2n) is 4.41. The second kappa shape index (κ2) is 8.15. The lowest BCUT2D eigenvalue weighted by Gasteiger charge is -2.21. The normalized spacial score (nSPS) is 14.7. The number of nitriles is 1. The summed E-state index contributed by atoms with van der Waals surface area (Å²) in [7, 11) is 0. The highest BCUT2D eigenvalue weighted by Crippen LogP contribution is 2.23. The first kappa shape index (κ1) is 15.0. The van der Waals surface area contributed by atoms with E-state index in [4.69, 9.17) is 10.00 Å². The van der Waals surface area contributed by atoms with E-state index in [0.717, 1.165) is 25.7 Å². The van der Waals surface area contributed by atoms with E-state index >= 15 is 0 Å². The summed E-state index contributed by atoms with van der Waals surface area (Å²) < 4.78 is 5.36. The Morgan fingerprint density at radius 1 is 1.32 bits per heavy atom. The summed E-state index contributed by atoms with van der Waals surface area (Å²) in [6.45, 7) is 1.43. The summed E-state index contributed by atoms with van der Waals surface area (Å²) in [5.41, 5.74) is 0.257. The van der Waals surface area contributed by atoms with Gasteiger partial charge in [0.25, 0.3) is 0 Å². The first-order chi connectivity index (χ1) is 9.19. The summed E-state index contributed by atoms with van der Waals surface area (Å²) in [6.07, 6.45) is 5.39. The van der Waals surface area contributed by atoms with Gasteiger partial charge in [0.1, 0.15) is 17.4 Å². The fraction of sp³-hybridized carbons (Fsp3) is 0.467. The number of hydrogen-bond acceptors (Lipinski definition) is 4. The molecule has 0 unspecified atom stereocenters. The highest BCUT2D eigenvalue weighted by molar-refractivity contribution is 5.92. The number of esters is 1. The summed E-state index contributed by atoms with van der Waals surface area (Å²) >= 11 is 0. The molecule has 0 saturated heterocycles. The number of ether oxygens (including phenoxy) is 1. The zero-order valence-corrected chi connectivity index (χ0v) is 11.1. The predicted octanol–water partition coefficient (Wildman–Crippen LogP) is 3.41. The molecule has 0 aromatic heterocycles. The quantitative estimate of drug-likeness (QED) is 0.828. The number of aromatic hydroxyl groups is 1. The molecule has 0 spiro atoms. The molecule has 1 aromatic rings. The van der Waals surface area contributed by atoms with Gasteiger partial charge in [0.2, 0.25) is 0 Å². The van der Waals surface area contributed by atoms with Crippen molar-refractivity contribution in [1.82, 2.24) is 0 Å². The Bertz CT molecular complexity index is 445. The van der Waals surface area contributed by atoms with Gasteiger partial charge >= 0.3 is 5.97 Å². The zero-order valence-electron chi connectivity index (χ0n) is 11.1. The van der Waals surface area contributed by atoms with Gasteiger partial charge in [-0.15, -0.1) is 0 Å². The van der Waals surface area contributed by atoms with Gasteiger partial charge in [-0.3, -0.25) is 0 Å². The number of phenolic OH excluding ortho intramolecular Hbond substituents is 1. The van der Waals surface area contributed by atoms with Crippen LogP contribution in [0.25, 0.3) is 0 Å². The third-order valence-electron chi connectivity index (χ3n) is 2.95. The largest absolute Gasteiger partial charge is 0.507 e. The lowest BCUT2D eigenvalue weighted by Crippen LogP contribution is -2.20. The number of nitrogens with zero attached hydrogens (tertiary/aromatic N) is 1. The van der Waals surface area contributed by atoms with Crippen molar-refractivity contribution in [2.24, 2.45) is 0 Å². The van der Waals surface area contributed by atoms with Gasteiger partial charge in [0, 0.05) is 6.92 Å². The van der Waals surface area contributed by atoms with Crippen molar-refractivity contribution in [3.8, 4) is 11.8 Å². The first-order valence-electron chi connectivity index (χ1n) is 6.49. The number of carbonyl (C=O) groups is 1. The van der Waals surface area contributed by atoms with E-state index in [2.05, 4.69) is 0 Å². The Morgan fingerprint density at radius 2 is 1.89 bits per heavy atom. The molecular weight excluding hydrogens is 242 g/mol. The Balaban J connectivity index is 0.000000550. The van der Waals surface area contributed by atoms with E-state index in [9.17, 15) is 9.90 Å². The van der Waals surface area contributed by atoms with Crippen molar-refractivity contribution < 1.29 is 14.6 Å². The topological polar surface area (TPSA) is 70.3 Å². The molecule has 1 saturated carbocycles. The van der Waals surface area contributed by atoms with Gasteiger partial charge in [-0.2, -0.15) is 5.26 Å². The van der Waals surface area contributed by atoms with E-state index in [1.54, 1.807) is 24.3 Å². The van der Waals surface area contributed by atoms with Crippen LogP contribution < -0.4 is 0 Å². The summed E-state index contributed by atoms with van der Waals surface area (Å²) in [6, 6.07) is 8.24. The Morgan fingerprint density at radius 3 is 2.47 bits per heavy atom. The molecule has 1 aliphatic carbocycles. The van der Waals surface area contributed by atoms with Gasteiger partial charge in [-0.25, -0.2) is 4.79 Å². The summed E-state index contributed by atoms with van der Waals surface area (Å²) in [4.78, 5) is 11.8. The number of para-hydroxylation sites is 1. The van der Waals surface area contributed by atoms with Crippen LogP contribution in [0.3, 0.4) is 0 Å². The van der Waals surface area contributed by atoms with Crippen LogP contribution in [0.1, 0.15) is 49.4 Å². The van der Waals surface area contributed by atoms with Gasteiger partial charge in [-0.05, 0) is 37.8 Å². The third kappa shape index (κ3) is 5.01. The standard InChI is InChI=1S/C13H16O3.C2H3N/c14-12-9-5-4-8-11(12)13(15)16-10-6-2-1-3-7-10;1-2-3/h4-5,8-10,14H,1-3,6-7H2;1H3. The second-order valence-corrected chi connectivity index (χ2v) is 4.41. The predicted molar refractivity (Wildman–Crippen MR) is 71.7 cm³/mol. The van der Waals surface area contributed by atoms with Crippen LogP contribution in [0.2, 0.25) is 0 Å². The number of phenols is 1. The minimum atomic E-state index is -0.412. The van der Waals surface area contributed by atoms with E-state index in [1.165, 1.54) is 19.4 Å². The maximum atomic E-state index is 11.8. The number of hydrogen-bond donors (Lipinski definition) is 1. The highest BCUT2D eigenvalue weighted by Gasteiger charge is 2.20. The Kier molecular flexibility index (Phi) is 6.45. The van der Waals surface area contributed by atoms with Gasteiger partial charge in [-0.1, -0.05) is 18.6 Å². The molecule has 1 fully saturated rings. The molecule has 102 valence electrons. The molecule has 0 bridgehead atoms. The van der Waals surface area contributed by atoms with Crippen LogP contribution in [-0.4, -0.2) is 17.2 Å². The minimum Gasteiger partial charge on any atom is -0.507 e. The molecule has 0 aliphatic heterocycles. The molecule has 4 heteroatoms. The molecule has 0 amide bonds. The van der Waals surface area contributed by atoms with Gasteiger partial charge in [0.15, 0.2) is 0 Å². The van der Waals surface area contributed by atoms with Crippen LogP contribution in [0.4, 0.5) is 0 Å². The van der Waals surface area contributed by atoms with Crippen LogP contribution in [-0.2, 0) is 4.74 Å². The van der Waals surface area contributed by atoms with Crippen LogP contribution in [0, 0.1) is 11.3 Å². The third-order valence-corrected chi connectivity index (χ3v) is 2.95. The van der Waals surface area contributed by atoms with Crippen molar-refractivity contribution >= 4 is 5.97 Å². The SMILES string of the molecule is CC#N.O=C(OC1CCCCC1)c1ccccc1O. The summed E-state index contributed by atoms with van der Waals surface area (Å²) in [5, 5.41) is 16.8. The molecule has 1 N–H and O–H groups in total. The molecule has 19 heavy (non-hydrogen) atoms.